The summed E-state index contributed by atoms with van der Waals surface area (Å²) in [6.45, 7) is 5.66. The zero-order valence-corrected chi connectivity index (χ0v) is 13.2. The summed E-state index contributed by atoms with van der Waals surface area (Å²) in [6.07, 6.45) is 1.75. The highest BCUT2D eigenvalue weighted by atomic mass is 16.4. The van der Waals surface area contributed by atoms with E-state index in [1.807, 2.05) is 32.0 Å². The molecule has 2 aromatic rings. The van der Waals surface area contributed by atoms with Gasteiger partial charge in [0.25, 0.3) is 0 Å². The summed E-state index contributed by atoms with van der Waals surface area (Å²) in [6, 6.07) is 5.70. The van der Waals surface area contributed by atoms with Crippen LogP contribution in [0.5, 0.6) is 0 Å². The number of carbonyl (C=O) groups excluding carboxylic acids is 1. The molecule has 22 heavy (non-hydrogen) atoms. The van der Waals surface area contributed by atoms with Gasteiger partial charge in [-0.25, -0.2) is 4.79 Å². The molecule has 0 bridgehead atoms. The molecule has 0 aliphatic rings. The quantitative estimate of drug-likeness (QED) is 0.912. The lowest BCUT2D eigenvalue weighted by molar-refractivity contribution is -0.115. The molecule has 0 saturated heterocycles. The number of aromatic nitrogens is 1. The molecule has 1 aromatic heterocycles. The van der Waals surface area contributed by atoms with Crippen LogP contribution in [0.1, 0.15) is 32.7 Å². The van der Waals surface area contributed by atoms with Crippen molar-refractivity contribution in [3.63, 3.8) is 0 Å². The summed E-state index contributed by atoms with van der Waals surface area (Å²) >= 11 is 0. The normalized spacial score (nSPS) is 10.5. The van der Waals surface area contributed by atoms with Crippen molar-refractivity contribution in [1.29, 1.82) is 0 Å². The zero-order chi connectivity index (χ0) is 16.4. The number of carboxylic acids is 1. The molecule has 2 N–H and O–H groups in total. The van der Waals surface area contributed by atoms with Crippen LogP contribution in [0.3, 0.4) is 0 Å². The maximum Gasteiger partial charge on any atom is 0.337 e. The van der Waals surface area contributed by atoms with E-state index >= 15 is 0 Å². The zero-order valence-electron chi connectivity index (χ0n) is 13.2. The molecule has 0 radical (unpaired) electrons. The highest BCUT2D eigenvalue weighted by molar-refractivity contribution is 5.96. The Morgan fingerprint density at radius 1 is 1.18 bits per heavy atom. The van der Waals surface area contributed by atoms with Crippen molar-refractivity contribution < 1.29 is 14.7 Å². The Morgan fingerprint density at radius 3 is 2.50 bits per heavy atom. The summed E-state index contributed by atoms with van der Waals surface area (Å²) in [5, 5.41) is 12.2. The number of nitrogens with one attached hydrogen (secondary N) is 1. The van der Waals surface area contributed by atoms with Crippen molar-refractivity contribution in [1.82, 2.24) is 4.57 Å². The molecule has 0 atom stereocenters. The van der Waals surface area contributed by atoms with Gasteiger partial charge in [0.2, 0.25) is 5.91 Å². The van der Waals surface area contributed by atoms with E-state index in [4.69, 9.17) is 0 Å². The van der Waals surface area contributed by atoms with Crippen LogP contribution in [-0.2, 0) is 18.3 Å². The number of carboxylic acid groups (broad SMARTS) is 1. The topological polar surface area (TPSA) is 71.3 Å². The maximum absolute atomic E-state index is 12.3. The Balaban J connectivity index is 2.23. The van der Waals surface area contributed by atoms with Gasteiger partial charge in [-0.3, -0.25) is 4.79 Å². The van der Waals surface area contributed by atoms with E-state index in [0.29, 0.717) is 11.3 Å². The summed E-state index contributed by atoms with van der Waals surface area (Å²) in [5.74, 6) is -1.23. The number of anilines is 1. The first-order valence-corrected chi connectivity index (χ1v) is 7.05. The van der Waals surface area contributed by atoms with Gasteiger partial charge >= 0.3 is 5.97 Å². The van der Waals surface area contributed by atoms with Crippen LogP contribution < -0.4 is 5.32 Å². The third-order valence-electron chi connectivity index (χ3n) is 3.92. The van der Waals surface area contributed by atoms with Crippen molar-refractivity contribution in [3.8, 4) is 0 Å². The number of aryl methyl sites for hydroxylation is 3. The Bertz CT molecular complexity index is 745. The second kappa shape index (κ2) is 6.05. The molecule has 0 aliphatic carbocycles. The van der Waals surface area contributed by atoms with E-state index in [2.05, 4.69) is 5.32 Å². The van der Waals surface area contributed by atoms with Crippen LogP contribution in [0.25, 0.3) is 0 Å². The molecule has 5 heteroatoms. The Labute approximate surface area is 129 Å². The van der Waals surface area contributed by atoms with Gasteiger partial charge in [0.1, 0.15) is 0 Å². The minimum atomic E-state index is -1.01. The molecule has 116 valence electrons. The van der Waals surface area contributed by atoms with Gasteiger partial charge in [-0.05, 0) is 43.5 Å². The van der Waals surface area contributed by atoms with Crippen LogP contribution in [0.2, 0.25) is 0 Å². The Kier molecular flexibility index (Phi) is 4.35. The van der Waals surface area contributed by atoms with Crippen molar-refractivity contribution in [3.05, 3.63) is 52.3 Å². The van der Waals surface area contributed by atoms with Gasteiger partial charge in [-0.1, -0.05) is 12.1 Å². The first-order chi connectivity index (χ1) is 10.3. The summed E-state index contributed by atoms with van der Waals surface area (Å²) in [5.41, 5.74) is 4.24. The largest absolute Gasteiger partial charge is 0.478 e. The maximum atomic E-state index is 12.3. The lowest BCUT2D eigenvalue weighted by Crippen LogP contribution is -2.18. The molecule has 1 aromatic carbocycles. The number of aromatic carboxylic acids is 1. The fourth-order valence-electron chi connectivity index (χ4n) is 2.58. The summed E-state index contributed by atoms with van der Waals surface area (Å²) in [4.78, 5) is 23.6. The van der Waals surface area contributed by atoms with Crippen molar-refractivity contribution in [2.24, 2.45) is 7.05 Å². The van der Waals surface area contributed by atoms with E-state index in [1.165, 1.54) is 0 Å². The standard InChI is InChI=1S/C17H20N2O3/c1-10-6-5-7-13(12(10)3)18-15(20)8-14-16(17(21)22)11(2)9-19(14)4/h5-7,9H,8H2,1-4H3,(H,18,20)(H,21,22). The summed E-state index contributed by atoms with van der Waals surface area (Å²) < 4.78 is 1.70. The molecule has 1 heterocycles. The van der Waals surface area contributed by atoms with Gasteiger partial charge in [-0.2, -0.15) is 0 Å². The fourth-order valence-corrected chi connectivity index (χ4v) is 2.58. The molecular weight excluding hydrogens is 280 g/mol. The fraction of sp³-hybridized carbons (Fsp3) is 0.294. The minimum absolute atomic E-state index is 0.0271. The lowest BCUT2D eigenvalue weighted by atomic mass is 10.1. The van der Waals surface area contributed by atoms with Crippen molar-refractivity contribution >= 4 is 17.6 Å². The highest BCUT2D eigenvalue weighted by Gasteiger charge is 2.20. The van der Waals surface area contributed by atoms with Crippen LogP contribution >= 0.6 is 0 Å². The second-order valence-corrected chi connectivity index (χ2v) is 5.52. The third kappa shape index (κ3) is 3.03. The number of rotatable bonds is 4. The third-order valence-corrected chi connectivity index (χ3v) is 3.92. The van der Waals surface area contributed by atoms with Gasteiger partial charge < -0.3 is 15.0 Å². The smallest absolute Gasteiger partial charge is 0.337 e. The predicted octanol–water partition coefficient (Wildman–Crippen LogP) is 2.83. The second-order valence-electron chi connectivity index (χ2n) is 5.52. The lowest BCUT2D eigenvalue weighted by Gasteiger charge is -2.11. The number of carbonyl (C=O) groups is 2. The van der Waals surface area contributed by atoms with E-state index in [9.17, 15) is 14.7 Å². The average Bonchev–Trinajstić information content (AvgIpc) is 2.69. The van der Waals surface area contributed by atoms with Gasteiger partial charge in [0.15, 0.2) is 0 Å². The molecule has 0 saturated carbocycles. The molecule has 5 nitrogen and oxygen atoms in total. The van der Waals surface area contributed by atoms with E-state index in [1.54, 1.807) is 24.7 Å². The van der Waals surface area contributed by atoms with Crippen LogP contribution in [0.15, 0.2) is 24.4 Å². The molecule has 0 spiro atoms. The molecule has 0 aliphatic heterocycles. The Morgan fingerprint density at radius 2 is 1.86 bits per heavy atom. The monoisotopic (exact) mass is 300 g/mol. The van der Waals surface area contributed by atoms with E-state index in [-0.39, 0.29) is 17.9 Å². The number of hydrogen-bond acceptors (Lipinski definition) is 2. The minimum Gasteiger partial charge on any atom is -0.478 e. The van der Waals surface area contributed by atoms with Crippen LogP contribution in [-0.4, -0.2) is 21.6 Å². The predicted molar refractivity (Wildman–Crippen MR) is 85.4 cm³/mol. The van der Waals surface area contributed by atoms with E-state index < -0.39 is 5.97 Å². The molecule has 0 unspecified atom stereocenters. The number of amides is 1. The molecule has 0 fully saturated rings. The molecule has 2 rings (SSSR count). The number of nitrogens with zero attached hydrogens (tertiary/aromatic N) is 1. The van der Waals surface area contributed by atoms with Gasteiger partial charge in [0.05, 0.1) is 12.0 Å². The number of hydrogen-bond donors (Lipinski definition) is 2. The highest BCUT2D eigenvalue weighted by Crippen LogP contribution is 2.20. The molecule has 1 amide bonds. The Hall–Kier alpha value is -2.56. The summed E-state index contributed by atoms with van der Waals surface area (Å²) in [7, 11) is 1.75. The SMILES string of the molecule is Cc1cccc(NC(=O)Cc2c(C(=O)O)c(C)cn2C)c1C. The first-order valence-electron chi connectivity index (χ1n) is 7.05. The number of benzene rings is 1. The van der Waals surface area contributed by atoms with Gasteiger partial charge in [0, 0.05) is 24.6 Å². The van der Waals surface area contributed by atoms with Gasteiger partial charge in [-0.15, -0.1) is 0 Å². The van der Waals surface area contributed by atoms with Crippen molar-refractivity contribution in [2.45, 2.75) is 27.2 Å². The average molecular weight is 300 g/mol. The van der Waals surface area contributed by atoms with E-state index in [0.717, 1.165) is 16.8 Å². The van der Waals surface area contributed by atoms with Crippen LogP contribution in [0.4, 0.5) is 5.69 Å². The molecular formula is C17H20N2O3. The first kappa shape index (κ1) is 15.8. The van der Waals surface area contributed by atoms with Crippen LogP contribution in [0, 0.1) is 20.8 Å². The van der Waals surface area contributed by atoms with Crippen molar-refractivity contribution in [2.75, 3.05) is 5.32 Å².